The molecule has 0 aromatic heterocycles. The van der Waals surface area contributed by atoms with Gasteiger partial charge in [-0.3, -0.25) is 0 Å². The summed E-state index contributed by atoms with van der Waals surface area (Å²) in [6.07, 6.45) is 3.24. The fraction of sp³-hybridized carbons (Fsp3) is 1.00. The van der Waals surface area contributed by atoms with E-state index in [0.29, 0.717) is 0 Å². The van der Waals surface area contributed by atoms with Gasteiger partial charge >= 0.3 is 81.8 Å². The Morgan fingerprint density at radius 2 is 1.50 bits per heavy atom. The van der Waals surface area contributed by atoms with Crippen LogP contribution in [0.3, 0.4) is 0 Å². The van der Waals surface area contributed by atoms with Crippen molar-refractivity contribution in [2.24, 2.45) is 0 Å². The van der Waals surface area contributed by atoms with Gasteiger partial charge in [-0.15, -0.1) is 0 Å². The van der Waals surface area contributed by atoms with Crippen LogP contribution in [0.5, 0.6) is 0 Å². The molecule has 12 heavy (non-hydrogen) atoms. The first-order valence-electron chi connectivity index (χ1n) is 3.48. The molecule has 0 bridgehead atoms. The Kier molecular flexibility index (Phi) is 10.4. The summed E-state index contributed by atoms with van der Waals surface area (Å²) in [5.41, 5.74) is 0. The molecule has 0 spiro atoms. The van der Waals surface area contributed by atoms with Crippen molar-refractivity contribution in [3.05, 3.63) is 0 Å². The molecule has 1 nitrogen and oxygen atoms in total. The van der Waals surface area contributed by atoms with Gasteiger partial charge in [0.2, 0.25) is 0 Å². The topological polar surface area (TPSA) is 17.1 Å². The van der Waals surface area contributed by atoms with Crippen LogP contribution in [0, 0.1) is 0 Å². The van der Waals surface area contributed by atoms with E-state index in [1.165, 1.54) is 6.69 Å². The second-order valence-electron chi connectivity index (χ2n) is 1.98. The van der Waals surface area contributed by atoms with Crippen molar-refractivity contribution in [1.29, 1.82) is 0 Å². The maximum atomic E-state index is 10.5. The quantitative estimate of drug-likeness (QED) is 0.389. The number of hydrogen-bond acceptors (Lipinski definition) is 1. The number of rotatable bonds is 4. The summed E-state index contributed by atoms with van der Waals surface area (Å²) in [4.78, 5) is 0. The summed E-state index contributed by atoms with van der Waals surface area (Å²) in [5, 5.41) is 0. The molecule has 2 radical (unpaired) electrons. The van der Waals surface area contributed by atoms with Crippen LogP contribution in [0.4, 0.5) is 0 Å². The third-order valence-electron chi connectivity index (χ3n) is 0.937. The van der Waals surface area contributed by atoms with Gasteiger partial charge in [0.15, 0.2) is 0 Å². The average Bonchev–Trinajstić information content (AvgIpc) is 2.02. The molecule has 0 aliphatic rings. The van der Waals surface area contributed by atoms with Gasteiger partial charge < -0.3 is 0 Å². The Labute approximate surface area is 82.0 Å². The van der Waals surface area contributed by atoms with Crippen LogP contribution in [-0.2, 0) is 10.7 Å². The second-order valence-corrected chi connectivity index (χ2v) is 3.25. The molecule has 0 aliphatic heterocycles. The van der Waals surface area contributed by atoms with Gasteiger partial charge in [-0.05, 0) is 0 Å². The standard InChI is InChI=1S/CH3B9OS/c1-12(11)10-9-8-7-6-5-4-3-2/h1H3. The van der Waals surface area contributed by atoms with Gasteiger partial charge in [0.05, 0.1) is 0 Å². The molecule has 0 saturated carbocycles. The first kappa shape index (κ1) is 12.7. The van der Waals surface area contributed by atoms with Crippen molar-refractivity contribution in [2.45, 2.75) is 0 Å². The van der Waals surface area contributed by atoms with E-state index in [1.807, 2.05) is 26.8 Å². The van der Waals surface area contributed by atoms with E-state index in [2.05, 4.69) is 0 Å². The summed E-state index contributed by atoms with van der Waals surface area (Å²) < 4.78 is 10.5. The van der Waals surface area contributed by atoms with Crippen LogP contribution in [0.15, 0.2) is 0 Å². The van der Waals surface area contributed by atoms with Crippen LogP contribution < -0.4 is 0 Å². The SMILES string of the molecule is [B]B=BB=BB=BB=BS(C)=O. The van der Waals surface area contributed by atoms with Crippen molar-refractivity contribution in [3.63, 3.8) is 0 Å². The Morgan fingerprint density at radius 1 is 1.00 bits per heavy atom. The molecular weight excluding hydrogens is 157 g/mol. The molecule has 0 aromatic rings. The van der Waals surface area contributed by atoms with E-state index >= 15 is 0 Å². The van der Waals surface area contributed by atoms with Crippen LogP contribution in [0.25, 0.3) is 0 Å². The fourth-order valence-electron chi connectivity index (χ4n) is 0.477. The zero-order chi connectivity index (χ0) is 9.23. The molecule has 0 saturated heterocycles. The predicted octanol–water partition coefficient (Wildman–Crippen LogP) is -3.60. The van der Waals surface area contributed by atoms with E-state index in [9.17, 15) is 4.21 Å². The van der Waals surface area contributed by atoms with Crippen molar-refractivity contribution in [3.8, 4) is 0 Å². The van der Waals surface area contributed by atoms with Crippen molar-refractivity contribution < 1.29 is 4.21 Å². The zero-order valence-electron chi connectivity index (χ0n) is 7.01. The van der Waals surface area contributed by atoms with E-state index < -0.39 is 10.7 Å². The minimum absolute atomic E-state index is 0.864. The fourth-order valence-corrected chi connectivity index (χ4v) is 0.789. The van der Waals surface area contributed by atoms with Crippen LogP contribution >= 0.6 is 0 Å². The summed E-state index contributed by atoms with van der Waals surface area (Å²) in [5.74, 6) is 0. The molecule has 46 valence electrons. The molecule has 0 aromatic carbocycles. The van der Waals surface area contributed by atoms with Crippen LogP contribution in [0.2, 0.25) is 0 Å². The molecule has 11 heteroatoms. The van der Waals surface area contributed by atoms with Gasteiger partial charge in [-0.25, -0.2) is 0 Å². The van der Waals surface area contributed by atoms with E-state index in [0.717, 1.165) is 0 Å². The normalized spacial score (nSPS) is 10.4. The Morgan fingerprint density at radius 3 is 2.00 bits per heavy atom. The van der Waals surface area contributed by atoms with Gasteiger partial charge in [0.25, 0.3) is 0 Å². The third-order valence-corrected chi connectivity index (χ3v) is 1.48. The minimum atomic E-state index is -0.864. The molecule has 0 N–H and O–H groups in total. The average molecular weight is 160 g/mol. The summed E-state index contributed by atoms with van der Waals surface area (Å²) in [6.45, 7) is 12.2. The van der Waals surface area contributed by atoms with E-state index in [-0.39, 0.29) is 0 Å². The molecule has 1 unspecified atom stereocenters. The first-order valence-corrected chi connectivity index (χ1v) is 5.10. The molecule has 1 atom stereocenters. The summed E-state index contributed by atoms with van der Waals surface area (Å²) >= 11 is 0. The Hall–Kier alpha value is 0.734. The molecule has 0 amide bonds. The Bertz CT molecular complexity index is 239. The molecule has 0 aliphatic carbocycles. The van der Waals surface area contributed by atoms with Crippen molar-refractivity contribution >= 4 is 71.3 Å². The zero-order valence-corrected chi connectivity index (χ0v) is 7.83. The second kappa shape index (κ2) is 9.82. The number of hydrogen-bond donors (Lipinski definition) is 0. The molecule has 0 heterocycles. The van der Waals surface area contributed by atoms with Crippen LogP contribution in [-0.4, -0.2) is 71.1 Å². The molecule has 0 fully saturated rings. The first-order chi connectivity index (χ1) is 5.77. The predicted molar refractivity (Wildman–Crippen MR) is 65.9 cm³/mol. The maximum absolute atomic E-state index is 10.5. The van der Waals surface area contributed by atoms with Gasteiger partial charge in [0, 0.05) is 0 Å². The van der Waals surface area contributed by atoms with Crippen molar-refractivity contribution in [1.82, 2.24) is 0 Å². The van der Waals surface area contributed by atoms with Crippen molar-refractivity contribution in [2.75, 3.05) is 6.26 Å². The summed E-state index contributed by atoms with van der Waals surface area (Å²) in [7, 11) is 4.23. The molecular formula is CH3B9OS. The van der Waals surface area contributed by atoms with E-state index in [4.69, 9.17) is 7.74 Å². The van der Waals surface area contributed by atoms with Gasteiger partial charge in [-0.2, -0.15) is 0 Å². The molecule has 0 rings (SSSR count). The van der Waals surface area contributed by atoms with Crippen LogP contribution in [0.1, 0.15) is 0 Å². The van der Waals surface area contributed by atoms with E-state index in [1.54, 1.807) is 25.7 Å². The van der Waals surface area contributed by atoms with Gasteiger partial charge in [-0.1, -0.05) is 0 Å². The Balaban J connectivity index is 3.70. The third kappa shape index (κ3) is 10.7. The summed E-state index contributed by atoms with van der Waals surface area (Å²) in [6, 6.07) is 0. The van der Waals surface area contributed by atoms with Gasteiger partial charge in [0.1, 0.15) is 0 Å². The monoisotopic (exact) mass is 162 g/mol.